The Morgan fingerprint density at radius 2 is 2.47 bits per heavy atom. The Morgan fingerprint density at radius 1 is 1.53 bits per heavy atom. The van der Waals surface area contributed by atoms with E-state index in [2.05, 4.69) is 20.6 Å². The van der Waals surface area contributed by atoms with Gasteiger partial charge in [-0.05, 0) is 0 Å². The average molecular weight is 266 g/mol. The van der Waals surface area contributed by atoms with Crippen molar-refractivity contribution in [3.63, 3.8) is 0 Å². The van der Waals surface area contributed by atoms with Gasteiger partial charge in [0.1, 0.15) is 4.88 Å². The fraction of sp³-hybridized carbons (Fsp3) is 0.300. The van der Waals surface area contributed by atoms with Crippen LogP contribution in [0.3, 0.4) is 0 Å². The summed E-state index contributed by atoms with van der Waals surface area (Å²) in [6, 6.07) is 0. The highest BCUT2D eigenvalue weighted by molar-refractivity contribution is 7.16. The first-order valence-corrected chi connectivity index (χ1v) is 6.91. The second kappa shape index (κ2) is 4.52. The Bertz CT molecular complexity index is 511. The summed E-state index contributed by atoms with van der Waals surface area (Å²) in [5, 5.41) is 6.78. The summed E-state index contributed by atoms with van der Waals surface area (Å²) < 4.78 is 0. The predicted octanol–water partition coefficient (Wildman–Crippen LogP) is 1.50. The van der Waals surface area contributed by atoms with E-state index >= 15 is 0 Å². The molecule has 2 N–H and O–H groups in total. The Balaban J connectivity index is 1.77. The van der Waals surface area contributed by atoms with Crippen molar-refractivity contribution in [2.24, 2.45) is 0 Å². The summed E-state index contributed by atoms with van der Waals surface area (Å²) in [7, 11) is 0. The molecule has 0 unspecified atom stereocenters. The number of carbonyl (C=O) groups excluding carboxylic acids is 1. The molecule has 5 nitrogen and oxygen atoms in total. The maximum atomic E-state index is 11.8. The molecule has 1 aliphatic heterocycles. The van der Waals surface area contributed by atoms with E-state index in [0.29, 0.717) is 10.0 Å². The smallest absolute Gasteiger partial charge is 0.269 e. The van der Waals surface area contributed by atoms with Crippen LogP contribution in [0.5, 0.6) is 0 Å². The molecule has 0 saturated heterocycles. The molecular formula is C10H10N4OS2. The molecular weight excluding hydrogens is 256 g/mol. The van der Waals surface area contributed by atoms with E-state index < -0.39 is 0 Å². The third-order valence-electron chi connectivity index (χ3n) is 2.48. The largest absolute Gasteiger partial charge is 0.311 e. The van der Waals surface area contributed by atoms with Crippen molar-refractivity contribution in [1.29, 1.82) is 0 Å². The lowest BCUT2D eigenvalue weighted by Gasteiger charge is -2.09. The number of anilines is 1. The zero-order chi connectivity index (χ0) is 11.7. The van der Waals surface area contributed by atoms with Gasteiger partial charge < -0.3 is 5.32 Å². The van der Waals surface area contributed by atoms with Crippen molar-refractivity contribution in [1.82, 2.24) is 15.3 Å². The summed E-state index contributed by atoms with van der Waals surface area (Å²) in [6.45, 7) is 1.81. The predicted molar refractivity (Wildman–Crippen MR) is 67.6 cm³/mol. The second-order valence-corrected chi connectivity index (χ2v) is 5.61. The molecule has 0 saturated carbocycles. The highest BCUT2D eigenvalue weighted by Gasteiger charge is 2.16. The van der Waals surface area contributed by atoms with Crippen molar-refractivity contribution in [2.45, 2.75) is 13.0 Å². The molecule has 17 heavy (non-hydrogen) atoms. The average Bonchev–Trinajstić information content (AvgIpc) is 2.97. The zero-order valence-corrected chi connectivity index (χ0v) is 10.5. The zero-order valence-electron chi connectivity index (χ0n) is 8.90. The number of thiazole rings is 2. The van der Waals surface area contributed by atoms with E-state index in [1.165, 1.54) is 27.6 Å². The van der Waals surface area contributed by atoms with Gasteiger partial charge in [0.05, 0.1) is 17.4 Å². The minimum atomic E-state index is -0.133. The van der Waals surface area contributed by atoms with Crippen LogP contribution in [-0.2, 0) is 13.0 Å². The van der Waals surface area contributed by atoms with Crippen molar-refractivity contribution in [3.05, 3.63) is 27.2 Å². The van der Waals surface area contributed by atoms with Crippen molar-refractivity contribution < 1.29 is 4.79 Å². The van der Waals surface area contributed by atoms with E-state index in [1.807, 2.05) is 0 Å². The maximum absolute atomic E-state index is 11.8. The molecule has 0 aliphatic carbocycles. The van der Waals surface area contributed by atoms with E-state index in [1.54, 1.807) is 11.7 Å². The van der Waals surface area contributed by atoms with Gasteiger partial charge in [-0.1, -0.05) is 0 Å². The summed E-state index contributed by atoms with van der Waals surface area (Å²) in [5.41, 5.74) is 2.75. The number of hydrogen-bond donors (Lipinski definition) is 2. The van der Waals surface area contributed by atoms with Crippen LogP contribution in [0, 0.1) is 0 Å². The molecule has 3 rings (SSSR count). The molecule has 0 spiro atoms. The topological polar surface area (TPSA) is 66.9 Å². The van der Waals surface area contributed by atoms with Gasteiger partial charge in [0.25, 0.3) is 5.91 Å². The van der Waals surface area contributed by atoms with Crippen molar-refractivity contribution >= 4 is 33.7 Å². The van der Waals surface area contributed by atoms with Crippen LogP contribution in [0.1, 0.15) is 20.2 Å². The molecule has 3 heterocycles. The third-order valence-corrected chi connectivity index (χ3v) is 4.26. The number of amides is 1. The van der Waals surface area contributed by atoms with Gasteiger partial charge in [-0.3, -0.25) is 15.1 Å². The molecule has 1 aliphatic rings. The SMILES string of the molecule is O=C(Nc1nc2c(s1)CNCC2)c1cncs1. The van der Waals surface area contributed by atoms with E-state index in [0.717, 1.165) is 25.2 Å². The van der Waals surface area contributed by atoms with Gasteiger partial charge in [-0.25, -0.2) is 4.98 Å². The lowest BCUT2D eigenvalue weighted by atomic mass is 10.2. The standard InChI is InChI=1S/C10H10N4OS2/c15-9(8-4-12-5-16-8)14-10-13-6-1-2-11-3-7(6)17-10/h4-5,11H,1-3H2,(H,13,14,15). The van der Waals surface area contributed by atoms with Crippen LogP contribution in [0.4, 0.5) is 5.13 Å². The molecule has 2 aromatic rings. The minimum absolute atomic E-state index is 0.133. The molecule has 0 fully saturated rings. The minimum Gasteiger partial charge on any atom is -0.311 e. The maximum Gasteiger partial charge on any atom is 0.269 e. The first kappa shape index (κ1) is 10.8. The number of carbonyl (C=O) groups is 1. The van der Waals surface area contributed by atoms with Gasteiger partial charge in [0, 0.05) is 24.4 Å². The molecule has 2 aromatic heterocycles. The summed E-state index contributed by atoms with van der Waals surface area (Å²) >= 11 is 2.87. The van der Waals surface area contributed by atoms with E-state index in [-0.39, 0.29) is 5.91 Å². The number of aromatic nitrogens is 2. The number of rotatable bonds is 2. The number of nitrogens with one attached hydrogen (secondary N) is 2. The van der Waals surface area contributed by atoms with Crippen LogP contribution in [0.25, 0.3) is 0 Å². The van der Waals surface area contributed by atoms with Crippen molar-refractivity contribution in [2.75, 3.05) is 11.9 Å². The number of fused-ring (bicyclic) bond motifs is 1. The molecule has 0 radical (unpaired) electrons. The number of nitrogens with zero attached hydrogens (tertiary/aromatic N) is 2. The summed E-state index contributed by atoms with van der Waals surface area (Å²) in [6.07, 6.45) is 2.50. The van der Waals surface area contributed by atoms with Crippen LogP contribution >= 0.6 is 22.7 Å². The van der Waals surface area contributed by atoms with Crippen LogP contribution < -0.4 is 10.6 Å². The van der Waals surface area contributed by atoms with Crippen LogP contribution in [0.2, 0.25) is 0 Å². The van der Waals surface area contributed by atoms with Gasteiger partial charge in [-0.2, -0.15) is 0 Å². The highest BCUT2D eigenvalue weighted by atomic mass is 32.1. The van der Waals surface area contributed by atoms with Gasteiger partial charge in [-0.15, -0.1) is 22.7 Å². The normalized spacial score (nSPS) is 14.4. The summed E-state index contributed by atoms with van der Waals surface area (Å²) in [5.74, 6) is -0.133. The Hall–Kier alpha value is -1.31. The third kappa shape index (κ3) is 2.21. The summed E-state index contributed by atoms with van der Waals surface area (Å²) in [4.78, 5) is 21.9. The fourth-order valence-electron chi connectivity index (χ4n) is 1.67. The van der Waals surface area contributed by atoms with Gasteiger partial charge in [0.2, 0.25) is 0 Å². The lowest BCUT2D eigenvalue weighted by Crippen LogP contribution is -2.22. The van der Waals surface area contributed by atoms with E-state index in [9.17, 15) is 4.79 Å². The monoisotopic (exact) mass is 266 g/mol. The van der Waals surface area contributed by atoms with Gasteiger partial charge in [0.15, 0.2) is 5.13 Å². The first-order chi connectivity index (χ1) is 8.33. The molecule has 88 valence electrons. The molecule has 0 bridgehead atoms. The fourth-order valence-corrected chi connectivity index (χ4v) is 3.15. The molecule has 1 amide bonds. The van der Waals surface area contributed by atoms with E-state index in [4.69, 9.17) is 0 Å². The molecule has 7 heteroatoms. The van der Waals surface area contributed by atoms with Gasteiger partial charge >= 0.3 is 0 Å². The Morgan fingerprint density at radius 3 is 3.24 bits per heavy atom. The lowest BCUT2D eigenvalue weighted by molar-refractivity contribution is 0.103. The second-order valence-electron chi connectivity index (χ2n) is 3.64. The Kier molecular flexibility index (Phi) is 2.87. The Labute approximate surface area is 106 Å². The van der Waals surface area contributed by atoms with Crippen molar-refractivity contribution in [3.8, 4) is 0 Å². The molecule has 0 atom stereocenters. The number of hydrogen-bond acceptors (Lipinski definition) is 6. The highest BCUT2D eigenvalue weighted by Crippen LogP contribution is 2.25. The van der Waals surface area contributed by atoms with Crippen LogP contribution in [0.15, 0.2) is 11.7 Å². The molecule has 0 aromatic carbocycles. The van der Waals surface area contributed by atoms with Crippen LogP contribution in [-0.4, -0.2) is 22.4 Å². The quantitative estimate of drug-likeness (QED) is 0.864. The first-order valence-electron chi connectivity index (χ1n) is 5.22.